The minimum atomic E-state index is 0.122. The van der Waals surface area contributed by atoms with Gasteiger partial charge in [-0.2, -0.15) is 0 Å². The van der Waals surface area contributed by atoms with Crippen molar-refractivity contribution < 1.29 is 19.5 Å². The van der Waals surface area contributed by atoms with Gasteiger partial charge in [-0.05, 0) is 35.6 Å². The zero-order chi connectivity index (χ0) is 18.5. The van der Waals surface area contributed by atoms with Crippen LogP contribution in [0.25, 0.3) is 0 Å². The highest BCUT2D eigenvalue weighted by molar-refractivity contribution is 7.12. The number of allylic oxidation sites excluding steroid dienone is 1. The first kappa shape index (κ1) is 18.5. The molecule has 1 fully saturated rings. The molecule has 1 aromatic heterocycles. The second-order valence-electron chi connectivity index (χ2n) is 6.49. The molecule has 1 aliphatic rings. The molecule has 0 bridgehead atoms. The van der Waals surface area contributed by atoms with Crippen molar-refractivity contribution >= 4 is 17.2 Å². The van der Waals surface area contributed by atoms with Crippen molar-refractivity contribution in [2.75, 3.05) is 33.3 Å². The number of benzene rings is 1. The van der Waals surface area contributed by atoms with E-state index in [0.29, 0.717) is 12.3 Å². The predicted octanol–water partition coefficient (Wildman–Crippen LogP) is 1.73. The van der Waals surface area contributed by atoms with Gasteiger partial charge in [-0.25, -0.2) is 0 Å². The van der Waals surface area contributed by atoms with Crippen LogP contribution >= 0.6 is 11.3 Å². The number of hydrogen-bond donors (Lipinski definition) is 2. The molecule has 1 saturated heterocycles. The molecule has 0 spiro atoms. The Bertz CT molecular complexity index is 766. The second-order valence-corrected chi connectivity index (χ2v) is 7.44. The van der Waals surface area contributed by atoms with Gasteiger partial charge >= 0.3 is 0 Å². The van der Waals surface area contributed by atoms with Crippen LogP contribution in [0, 0.1) is 0 Å². The van der Waals surface area contributed by atoms with Gasteiger partial charge in [-0.1, -0.05) is 12.1 Å². The number of methoxy groups -OCH3 is 1. The monoisotopic (exact) mass is 373 g/mol. The number of carbonyl (C=O) groups is 1. The van der Waals surface area contributed by atoms with Gasteiger partial charge in [0.05, 0.1) is 43.7 Å². The van der Waals surface area contributed by atoms with Crippen molar-refractivity contribution in [1.82, 2.24) is 4.90 Å². The molecule has 26 heavy (non-hydrogen) atoms. The number of nitrogens with zero attached hydrogens (tertiary/aromatic N) is 1. The molecule has 0 radical (unpaired) electrons. The lowest BCUT2D eigenvalue weighted by atomic mass is 10.0. The molecule has 5 nitrogen and oxygen atoms in total. The summed E-state index contributed by atoms with van der Waals surface area (Å²) in [6.07, 6.45) is 2.58. The molecule has 2 aromatic rings. The molecular formula is C20H25N2O3S+. The fraction of sp³-hybridized carbons (Fsp3) is 0.350. The van der Waals surface area contributed by atoms with Crippen molar-refractivity contribution in [3.63, 3.8) is 0 Å². The van der Waals surface area contributed by atoms with Crippen molar-refractivity contribution in [3.05, 3.63) is 58.3 Å². The Morgan fingerprint density at radius 2 is 2.19 bits per heavy atom. The second kappa shape index (κ2) is 8.38. The summed E-state index contributed by atoms with van der Waals surface area (Å²) in [4.78, 5) is 16.5. The highest BCUT2D eigenvalue weighted by atomic mass is 32.1. The number of aromatic hydroxyl groups is 1. The molecule has 1 aromatic carbocycles. The molecule has 1 aliphatic heterocycles. The molecule has 1 amide bonds. The number of quaternary nitrogens is 1. The Hall–Kier alpha value is -2.31. The summed E-state index contributed by atoms with van der Waals surface area (Å²) < 4.78 is 5.31. The van der Waals surface area contributed by atoms with Crippen molar-refractivity contribution in [2.45, 2.75) is 13.0 Å². The van der Waals surface area contributed by atoms with Crippen LogP contribution in [-0.4, -0.2) is 49.2 Å². The molecule has 2 heterocycles. The fourth-order valence-corrected chi connectivity index (χ4v) is 4.02. The van der Waals surface area contributed by atoms with Gasteiger partial charge in [0, 0.05) is 0 Å². The molecule has 2 N–H and O–H groups in total. The number of rotatable bonds is 6. The van der Waals surface area contributed by atoms with Crippen LogP contribution in [0.4, 0.5) is 0 Å². The SMILES string of the molecule is C=CCc1cc(C[NH+]2CCN(C(=O)c3cccs3)CC2)c(O)c(OC)c1. The zero-order valence-corrected chi connectivity index (χ0v) is 15.8. The first-order chi connectivity index (χ1) is 12.6. The molecule has 138 valence electrons. The predicted molar refractivity (Wildman–Crippen MR) is 103 cm³/mol. The Morgan fingerprint density at radius 1 is 1.42 bits per heavy atom. The third kappa shape index (κ3) is 4.08. The Labute approximate surface area is 158 Å². The van der Waals surface area contributed by atoms with Crippen LogP contribution in [0.2, 0.25) is 0 Å². The van der Waals surface area contributed by atoms with E-state index in [1.165, 1.54) is 16.2 Å². The Kier molecular flexibility index (Phi) is 5.96. The summed E-state index contributed by atoms with van der Waals surface area (Å²) >= 11 is 1.49. The number of amides is 1. The summed E-state index contributed by atoms with van der Waals surface area (Å²) in [6.45, 7) is 7.69. The third-order valence-electron chi connectivity index (χ3n) is 4.74. The lowest BCUT2D eigenvalue weighted by Crippen LogP contribution is -3.13. The van der Waals surface area contributed by atoms with E-state index in [0.717, 1.165) is 48.6 Å². The van der Waals surface area contributed by atoms with Crippen LogP contribution in [0.1, 0.15) is 20.8 Å². The number of piperazine rings is 1. The van der Waals surface area contributed by atoms with Gasteiger partial charge < -0.3 is 19.6 Å². The lowest BCUT2D eigenvalue weighted by molar-refractivity contribution is -0.917. The first-order valence-electron chi connectivity index (χ1n) is 8.78. The number of carbonyl (C=O) groups excluding carboxylic acids is 1. The smallest absolute Gasteiger partial charge is 0.264 e. The minimum Gasteiger partial charge on any atom is -0.504 e. The van der Waals surface area contributed by atoms with E-state index in [2.05, 4.69) is 6.58 Å². The maximum absolute atomic E-state index is 12.4. The van der Waals surface area contributed by atoms with Gasteiger partial charge in [-0.3, -0.25) is 4.79 Å². The van der Waals surface area contributed by atoms with Crippen LogP contribution in [0.15, 0.2) is 42.3 Å². The Morgan fingerprint density at radius 3 is 2.81 bits per heavy atom. The molecule has 6 heteroatoms. The topological polar surface area (TPSA) is 54.2 Å². The summed E-state index contributed by atoms with van der Waals surface area (Å²) in [5, 5.41) is 12.4. The van der Waals surface area contributed by atoms with Crippen LogP contribution in [0.5, 0.6) is 11.5 Å². The molecule has 3 rings (SSSR count). The van der Waals surface area contributed by atoms with E-state index in [1.54, 1.807) is 7.11 Å². The normalized spacial score (nSPS) is 15.0. The molecule has 0 saturated carbocycles. The average Bonchev–Trinajstić information content (AvgIpc) is 3.19. The molecule has 0 atom stereocenters. The highest BCUT2D eigenvalue weighted by Gasteiger charge is 2.26. The van der Waals surface area contributed by atoms with Crippen molar-refractivity contribution in [3.8, 4) is 11.5 Å². The standard InChI is InChI=1S/C20H24N2O3S/c1-3-5-15-12-16(19(23)17(13-15)25-2)14-21-7-9-22(10-8-21)20(24)18-6-4-11-26-18/h3-4,6,11-13,23H,1,5,7-10,14H2,2H3/p+1. The highest BCUT2D eigenvalue weighted by Crippen LogP contribution is 2.31. The quantitative estimate of drug-likeness (QED) is 0.759. The van der Waals surface area contributed by atoms with Gasteiger partial charge in [0.25, 0.3) is 5.91 Å². The number of phenolic OH excluding ortho intramolecular Hbond substituents is 1. The van der Waals surface area contributed by atoms with Crippen LogP contribution in [-0.2, 0) is 13.0 Å². The van der Waals surface area contributed by atoms with Crippen molar-refractivity contribution in [1.29, 1.82) is 0 Å². The average molecular weight is 373 g/mol. The summed E-state index contributed by atoms with van der Waals surface area (Å²) in [5.74, 6) is 0.840. The summed E-state index contributed by atoms with van der Waals surface area (Å²) in [5.41, 5.74) is 1.96. The van der Waals surface area contributed by atoms with E-state index in [9.17, 15) is 9.90 Å². The van der Waals surface area contributed by atoms with Gasteiger partial charge in [0.15, 0.2) is 11.5 Å². The van der Waals surface area contributed by atoms with E-state index < -0.39 is 0 Å². The van der Waals surface area contributed by atoms with Gasteiger partial charge in [0.1, 0.15) is 6.54 Å². The van der Waals surface area contributed by atoms with Gasteiger partial charge in [0.2, 0.25) is 0 Å². The van der Waals surface area contributed by atoms with Crippen LogP contribution in [0.3, 0.4) is 0 Å². The van der Waals surface area contributed by atoms with E-state index in [-0.39, 0.29) is 11.7 Å². The fourth-order valence-electron chi connectivity index (χ4n) is 3.33. The number of nitrogens with one attached hydrogen (secondary N) is 1. The third-order valence-corrected chi connectivity index (χ3v) is 5.60. The van der Waals surface area contributed by atoms with E-state index >= 15 is 0 Å². The molecular weight excluding hydrogens is 348 g/mol. The van der Waals surface area contributed by atoms with E-state index in [4.69, 9.17) is 4.74 Å². The van der Waals surface area contributed by atoms with E-state index in [1.807, 2.05) is 40.6 Å². The lowest BCUT2D eigenvalue weighted by Gasteiger charge is -2.32. The first-order valence-corrected chi connectivity index (χ1v) is 9.66. The maximum atomic E-state index is 12.4. The molecule has 0 unspecified atom stereocenters. The number of ether oxygens (including phenoxy) is 1. The van der Waals surface area contributed by atoms with Crippen LogP contribution < -0.4 is 9.64 Å². The zero-order valence-electron chi connectivity index (χ0n) is 15.0. The van der Waals surface area contributed by atoms with Crippen molar-refractivity contribution in [2.24, 2.45) is 0 Å². The Balaban J connectivity index is 1.65. The maximum Gasteiger partial charge on any atom is 0.264 e. The summed E-state index contributed by atoms with van der Waals surface area (Å²) in [6, 6.07) is 7.66. The summed E-state index contributed by atoms with van der Waals surface area (Å²) in [7, 11) is 1.57. The number of phenols is 1. The van der Waals surface area contributed by atoms with Gasteiger partial charge in [-0.15, -0.1) is 17.9 Å². The minimum absolute atomic E-state index is 0.122. The number of hydrogen-bond acceptors (Lipinski definition) is 4. The number of thiophene rings is 1. The molecule has 0 aliphatic carbocycles. The largest absolute Gasteiger partial charge is 0.504 e.